The standard InChI is InChI=1S/C8H10.C6H12.2ClH.Zr/c1-7-5-3-4-6-8(7)2;1-3-5-6-4-2;;;/h3-8H,1-2H2;6H,1,3-5H2,2H3;2*1H;/q2*-2;;;+2/p-2. The summed E-state index contributed by atoms with van der Waals surface area (Å²) in [7, 11) is 9.87. The molecule has 0 N–H and O–H groups in total. The van der Waals surface area contributed by atoms with Gasteiger partial charge in [0.2, 0.25) is 0 Å². The van der Waals surface area contributed by atoms with Gasteiger partial charge in [0.1, 0.15) is 0 Å². The van der Waals surface area contributed by atoms with E-state index in [1.807, 2.05) is 12.2 Å². The summed E-state index contributed by atoms with van der Waals surface area (Å²) >= 11 is -0.826. The second kappa shape index (κ2) is 16.9. The molecule has 1 rings (SSSR count). The Bertz CT molecular complexity index is 171. The molecular formula is C14H22Cl2Zr-4. The molecule has 2 unspecified atom stereocenters. The summed E-state index contributed by atoms with van der Waals surface area (Å²) < 4.78 is 0. The van der Waals surface area contributed by atoms with Crippen LogP contribution < -0.4 is 0 Å². The number of hydrogen-bond acceptors (Lipinski definition) is 0. The summed E-state index contributed by atoms with van der Waals surface area (Å²) in [6.07, 6.45) is 13.8. The van der Waals surface area contributed by atoms with Gasteiger partial charge >= 0.3 is 37.9 Å². The van der Waals surface area contributed by atoms with Crippen molar-refractivity contribution in [2.45, 2.75) is 26.2 Å². The van der Waals surface area contributed by atoms with Crippen molar-refractivity contribution >= 4 is 17.0 Å². The Labute approximate surface area is 127 Å². The quantitative estimate of drug-likeness (QED) is 0.458. The van der Waals surface area contributed by atoms with Gasteiger partial charge in [-0.2, -0.15) is 18.3 Å². The first-order valence-corrected chi connectivity index (χ1v) is 12.0. The fourth-order valence-corrected chi connectivity index (χ4v) is 1.05. The summed E-state index contributed by atoms with van der Waals surface area (Å²) in [5.74, 6) is 0.750. The molecule has 0 spiro atoms. The second-order valence-electron chi connectivity index (χ2n) is 3.51. The van der Waals surface area contributed by atoms with Gasteiger partial charge in [0.05, 0.1) is 0 Å². The van der Waals surface area contributed by atoms with E-state index in [-0.39, 0.29) is 0 Å². The van der Waals surface area contributed by atoms with Crippen LogP contribution in [0.5, 0.6) is 0 Å². The van der Waals surface area contributed by atoms with Crippen LogP contribution in [0.2, 0.25) is 0 Å². The van der Waals surface area contributed by atoms with Crippen molar-refractivity contribution in [1.82, 2.24) is 0 Å². The third-order valence-electron chi connectivity index (χ3n) is 2.07. The van der Waals surface area contributed by atoms with Gasteiger partial charge in [-0.15, -0.1) is 12.2 Å². The first-order chi connectivity index (χ1) is 8.13. The maximum atomic E-state index is 4.93. The van der Waals surface area contributed by atoms with Gasteiger partial charge in [-0.05, 0) is 0 Å². The van der Waals surface area contributed by atoms with Crippen LogP contribution in [0, 0.1) is 39.0 Å². The predicted molar refractivity (Wildman–Crippen MR) is 76.9 cm³/mol. The van der Waals surface area contributed by atoms with E-state index in [9.17, 15) is 0 Å². The van der Waals surface area contributed by atoms with E-state index < -0.39 is 20.8 Å². The summed E-state index contributed by atoms with van der Waals surface area (Å²) in [5.41, 5.74) is 0. The SMILES string of the molecule is [CH2-]C1C=CC=CC1[CH2-].[CH2-]CC[CH-]CC.[Cl][Zr][Cl]. The molecule has 0 amide bonds. The maximum absolute atomic E-state index is 4.93. The molecule has 1 aliphatic carbocycles. The molecule has 0 nitrogen and oxygen atoms in total. The van der Waals surface area contributed by atoms with Gasteiger partial charge in [0, 0.05) is 0 Å². The molecule has 0 heterocycles. The molecule has 0 saturated carbocycles. The Balaban J connectivity index is 0. The second-order valence-corrected chi connectivity index (χ2v) is 7.24. The zero-order valence-corrected chi connectivity index (χ0v) is 14.5. The van der Waals surface area contributed by atoms with Gasteiger partial charge in [0.25, 0.3) is 0 Å². The molecule has 1 aliphatic rings. The van der Waals surface area contributed by atoms with E-state index in [0.29, 0.717) is 11.8 Å². The van der Waals surface area contributed by atoms with E-state index in [1.165, 1.54) is 12.8 Å². The third kappa shape index (κ3) is 16.9. The van der Waals surface area contributed by atoms with E-state index in [4.69, 9.17) is 17.0 Å². The number of halogens is 2. The van der Waals surface area contributed by atoms with E-state index >= 15 is 0 Å². The molecule has 100 valence electrons. The Kier molecular flexibility index (Phi) is 20.2. The molecule has 17 heavy (non-hydrogen) atoms. The number of unbranched alkanes of at least 4 members (excludes halogenated alkanes) is 3. The minimum atomic E-state index is -0.826. The van der Waals surface area contributed by atoms with Gasteiger partial charge in [-0.25, -0.2) is 12.8 Å². The molecular weight excluding hydrogens is 330 g/mol. The number of allylic oxidation sites excluding steroid dienone is 4. The van der Waals surface area contributed by atoms with Gasteiger partial charge in [0.15, 0.2) is 0 Å². The van der Waals surface area contributed by atoms with Crippen LogP contribution in [-0.4, -0.2) is 0 Å². The van der Waals surface area contributed by atoms with Gasteiger partial charge in [-0.1, -0.05) is 19.1 Å². The summed E-state index contributed by atoms with van der Waals surface area (Å²) in [5, 5.41) is 0. The summed E-state index contributed by atoms with van der Waals surface area (Å²) in [6, 6.07) is 0. The first kappa shape index (κ1) is 20.3. The first-order valence-electron chi connectivity index (χ1n) is 5.72. The normalized spacial score (nSPS) is 20.8. The molecule has 0 saturated heterocycles. The van der Waals surface area contributed by atoms with Crippen LogP contribution in [0.25, 0.3) is 0 Å². The van der Waals surface area contributed by atoms with Crippen molar-refractivity contribution in [3.05, 3.63) is 51.5 Å². The minimum absolute atomic E-state index is 0.375. The topological polar surface area (TPSA) is 0 Å². The zero-order chi connectivity index (χ0) is 13.5. The predicted octanol–water partition coefficient (Wildman–Crippen LogP) is 5.60. The van der Waals surface area contributed by atoms with Crippen molar-refractivity contribution in [2.75, 3.05) is 0 Å². The van der Waals surface area contributed by atoms with Crippen molar-refractivity contribution in [3.8, 4) is 0 Å². The zero-order valence-electron chi connectivity index (χ0n) is 10.5. The Morgan fingerprint density at radius 1 is 1.18 bits per heavy atom. The average molecular weight is 352 g/mol. The van der Waals surface area contributed by atoms with Crippen LogP contribution in [0.4, 0.5) is 0 Å². The van der Waals surface area contributed by atoms with E-state index in [0.717, 1.165) is 6.42 Å². The van der Waals surface area contributed by atoms with Gasteiger partial charge < -0.3 is 27.2 Å². The Hall–Kier alpha value is 0.943. The van der Waals surface area contributed by atoms with Crippen molar-refractivity contribution in [3.63, 3.8) is 0 Å². The van der Waals surface area contributed by atoms with E-state index in [1.54, 1.807) is 0 Å². The van der Waals surface area contributed by atoms with Crippen molar-refractivity contribution < 1.29 is 20.8 Å². The summed E-state index contributed by atoms with van der Waals surface area (Å²) in [6.45, 7) is 13.6. The van der Waals surface area contributed by atoms with Crippen LogP contribution >= 0.6 is 17.0 Å². The molecule has 2 atom stereocenters. The van der Waals surface area contributed by atoms with Crippen LogP contribution in [-0.2, 0) is 20.8 Å². The molecule has 0 aromatic heterocycles. The fraction of sp³-hybridized carbons (Fsp3) is 0.429. The molecule has 0 aliphatic heterocycles. The molecule has 0 aromatic carbocycles. The molecule has 3 heteroatoms. The van der Waals surface area contributed by atoms with Crippen LogP contribution in [0.3, 0.4) is 0 Å². The molecule has 0 fully saturated rings. The summed E-state index contributed by atoms with van der Waals surface area (Å²) in [4.78, 5) is 0. The van der Waals surface area contributed by atoms with Crippen LogP contribution in [0.15, 0.2) is 24.3 Å². The number of rotatable bonds is 3. The molecule has 0 radical (unpaired) electrons. The van der Waals surface area contributed by atoms with Gasteiger partial charge in [-0.3, -0.25) is 0 Å². The Morgan fingerprint density at radius 2 is 1.59 bits per heavy atom. The third-order valence-corrected chi connectivity index (χ3v) is 2.07. The Morgan fingerprint density at radius 3 is 1.76 bits per heavy atom. The average Bonchev–Trinajstić information content (AvgIpc) is 2.32. The van der Waals surface area contributed by atoms with Crippen molar-refractivity contribution in [2.24, 2.45) is 11.8 Å². The number of hydrogen-bond donors (Lipinski definition) is 0. The van der Waals surface area contributed by atoms with Crippen molar-refractivity contribution in [1.29, 1.82) is 0 Å². The van der Waals surface area contributed by atoms with Crippen LogP contribution in [0.1, 0.15) is 26.2 Å². The fourth-order valence-electron chi connectivity index (χ4n) is 1.05. The van der Waals surface area contributed by atoms with E-state index in [2.05, 4.69) is 46.3 Å². The molecule has 0 bridgehead atoms. The monoisotopic (exact) mass is 350 g/mol. The molecule has 0 aromatic rings.